The van der Waals surface area contributed by atoms with Gasteiger partial charge in [-0.15, -0.1) is 0 Å². The van der Waals surface area contributed by atoms with E-state index in [1.165, 1.54) is 37.7 Å². The van der Waals surface area contributed by atoms with E-state index in [0.717, 1.165) is 30.1 Å². The molecular formula is C18H28BrNO. The van der Waals surface area contributed by atoms with Crippen molar-refractivity contribution in [1.82, 2.24) is 5.32 Å². The van der Waals surface area contributed by atoms with Crippen molar-refractivity contribution in [1.29, 1.82) is 0 Å². The topological polar surface area (TPSA) is 21.3 Å². The summed E-state index contributed by atoms with van der Waals surface area (Å²) in [6.07, 6.45) is 6.30. The van der Waals surface area contributed by atoms with Crippen LogP contribution in [0.15, 0.2) is 28.7 Å². The number of halogens is 1. The second-order valence-corrected chi connectivity index (χ2v) is 7.15. The molecular weight excluding hydrogens is 326 g/mol. The Balaban J connectivity index is 1.94. The zero-order valence-electron chi connectivity index (χ0n) is 13.3. The Morgan fingerprint density at radius 1 is 1.19 bits per heavy atom. The third-order valence-corrected chi connectivity index (χ3v) is 5.28. The summed E-state index contributed by atoms with van der Waals surface area (Å²) in [6.45, 7) is 7.19. The molecule has 1 aromatic rings. The van der Waals surface area contributed by atoms with E-state index in [9.17, 15) is 0 Å². The van der Waals surface area contributed by atoms with Crippen molar-refractivity contribution in [2.45, 2.75) is 58.2 Å². The first-order valence-electron chi connectivity index (χ1n) is 8.26. The molecule has 0 aromatic heterocycles. The molecule has 0 unspecified atom stereocenters. The average Bonchev–Trinajstić information content (AvgIpc) is 2.53. The van der Waals surface area contributed by atoms with Gasteiger partial charge in [0.25, 0.3) is 0 Å². The maximum absolute atomic E-state index is 6.41. The molecule has 0 spiro atoms. The molecule has 1 aliphatic carbocycles. The molecule has 1 fully saturated rings. The van der Waals surface area contributed by atoms with Crippen LogP contribution in [0.1, 0.15) is 51.5 Å². The van der Waals surface area contributed by atoms with Crippen LogP contribution >= 0.6 is 15.9 Å². The van der Waals surface area contributed by atoms with E-state index in [-0.39, 0.29) is 5.60 Å². The lowest BCUT2D eigenvalue weighted by atomic mass is 9.77. The second-order valence-electron chi connectivity index (χ2n) is 6.23. The van der Waals surface area contributed by atoms with Crippen molar-refractivity contribution >= 4 is 15.9 Å². The standard InChI is InChI=1S/C18H28BrNO/c1-3-15-9-11-18(12-10-15,14-20-4-2)21-13-16-5-7-17(19)8-6-16/h5-8,15,20H,3-4,9-14H2,1-2H3. The number of hydrogen-bond acceptors (Lipinski definition) is 2. The van der Waals surface area contributed by atoms with E-state index in [2.05, 4.69) is 59.4 Å². The maximum Gasteiger partial charge on any atom is 0.0811 e. The first-order chi connectivity index (χ1) is 10.2. The van der Waals surface area contributed by atoms with Crippen LogP contribution in [0.5, 0.6) is 0 Å². The first kappa shape index (κ1) is 17.0. The summed E-state index contributed by atoms with van der Waals surface area (Å²) in [5.74, 6) is 0.899. The van der Waals surface area contributed by atoms with E-state index < -0.39 is 0 Å². The summed E-state index contributed by atoms with van der Waals surface area (Å²) in [5, 5.41) is 3.50. The smallest absolute Gasteiger partial charge is 0.0811 e. The fraction of sp³-hybridized carbons (Fsp3) is 0.667. The molecule has 0 saturated heterocycles. The van der Waals surface area contributed by atoms with E-state index in [4.69, 9.17) is 4.74 Å². The van der Waals surface area contributed by atoms with Crippen molar-refractivity contribution < 1.29 is 4.74 Å². The predicted molar refractivity (Wildman–Crippen MR) is 92.5 cm³/mol. The van der Waals surface area contributed by atoms with Gasteiger partial charge in [0.1, 0.15) is 0 Å². The third kappa shape index (κ3) is 5.08. The van der Waals surface area contributed by atoms with Gasteiger partial charge in [-0.3, -0.25) is 0 Å². The SMILES string of the molecule is CCNCC1(OCc2ccc(Br)cc2)CCC(CC)CC1. The number of ether oxygens (including phenoxy) is 1. The normalized spacial score (nSPS) is 26.0. The van der Waals surface area contributed by atoms with Gasteiger partial charge < -0.3 is 10.1 Å². The van der Waals surface area contributed by atoms with Crippen molar-refractivity contribution in [2.24, 2.45) is 5.92 Å². The maximum atomic E-state index is 6.41. The molecule has 0 radical (unpaired) electrons. The van der Waals surface area contributed by atoms with Gasteiger partial charge in [-0.2, -0.15) is 0 Å². The molecule has 1 N–H and O–H groups in total. The van der Waals surface area contributed by atoms with Crippen LogP contribution in [0.2, 0.25) is 0 Å². The molecule has 0 atom stereocenters. The molecule has 21 heavy (non-hydrogen) atoms. The minimum atomic E-state index is 0.0365. The van der Waals surface area contributed by atoms with Crippen molar-refractivity contribution in [2.75, 3.05) is 13.1 Å². The van der Waals surface area contributed by atoms with Crippen LogP contribution in [0.3, 0.4) is 0 Å². The molecule has 0 heterocycles. The van der Waals surface area contributed by atoms with Gasteiger partial charge in [-0.1, -0.05) is 48.3 Å². The Hall–Kier alpha value is -0.380. The molecule has 118 valence electrons. The van der Waals surface area contributed by atoms with Crippen molar-refractivity contribution in [3.8, 4) is 0 Å². The number of nitrogens with one attached hydrogen (secondary N) is 1. The molecule has 3 heteroatoms. The zero-order valence-corrected chi connectivity index (χ0v) is 14.9. The summed E-state index contributed by atoms with van der Waals surface area (Å²) in [6, 6.07) is 8.46. The largest absolute Gasteiger partial charge is 0.369 e. The molecule has 0 bridgehead atoms. The van der Waals surface area contributed by atoms with Crippen molar-refractivity contribution in [3.63, 3.8) is 0 Å². The van der Waals surface area contributed by atoms with E-state index in [1.54, 1.807) is 0 Å². The van der Waals surface area contributed by atoms with Crippen LogP contribution in [-0.4, -0.2) is 18.7 Å². The van der Waals surface area contributed by atoms with Gasteiger partial charge in [0.15, 0.2) is 0 Å². The quantitative estimate of drug-likeness (QED) is 0.751. The van der Waals surface area contributed by atoms with Crippen LogP contribution in [0, 0.1) is 5.92 Å². The van der Waals surface area contributed by atoms with Crippen LogP contribution < -0.4 is 5.32 Å². The Kier molecular flexibility index (Phi) is 6.72. The van der Waals surface area contributed by atoms with Crippen LogP contribution in [0.4, 0.5) is 0 Å². The van der Waals surface area contributed by atoms with Gasteiger partial charge in [-0.05, 0) is 55.8 Å². The highest BCUT2D eigenvalue weighted by atomic mass is 79.9. The van der Waals surface area contributed by atoms with E-state index in [1.807, 2.05) is 0 Å². The summed E-state index contributed by atoms with van der Waals surface area (Å²) in [5.41, 5.74) is 1.29. The van der Waals surface area contributed by atoms with Crippen LogP contribution in [0.25, 0.3) is 0 Å². The lowest BCUT2D eigenvalue weighted by Crippen LogP contribution is -2.45. The summed E-state index contributed by atoms with van der Waals surface area (Å²) in [7, 11) is 0. The Morgan fingerprint density at radius 3 is 2.43 bits per heavy atom. The second kappa shape index (κ2) is 8.30. The lowest BCUT2D eigenvalue weighted by molar-refractivity contribution is -0.0860. The number of benzene rings is 1. The molecule has 2 rings (SSSR count). The highest BCUT2D eigenvalue weighted by Gasteiger charge is 2.35. The Morgan fingerprint density at radius 2 is 1.86 bits per heavy atom. The molecule has 0 amide bonds. The van der Waals surface area contributed by atoms with Gasteiger partial charge in [0.2, 0.25) is 0 Å². The minimum absolute atomic E-state index is 0.0365. The minimum Gasteiger partial charge on any atom is -0.369 e. The molecule has 1 saturated carbocycles. The van der Waals surface area contributed by atoms with Gasteiger partial charge in [-0.25, -0.2) is 0 Å². The fourth-order valence-corrected chi connectivity index (χ4v) is 3.42. The van der Waals surface area contributed by atoms with Crippen molar-refractivity contribution in [3.05, 3.63) is 34.3 Å². The third-order valence-electron chi connectivity index (χ3n) is 4.75. The Labute approximate surface area is 137 Å². The average molecular weight is 354 g/mol. The molecule has 1 aliphatic rings. The predicted octanol–water partition coefficient (Wildman–Crippen LogP) is 4.91. The number of likely N-dealkylation sites (N-methyl/N-ethyl adjacent to an activating group) is 1. The van der Waals surface area contributed by atoms with Gasteiger partial charge in [0, 0.05) is 11.0 Å². The number of hydrogen-bond donors (Lipinski definition) is 1. The highest BCUT2D eigenvalue weighted by Crippen LogP contribution is 2.36. The van der Waals surface area contributed by atoms with E-state index >= 15 is 0 Å². The molecule has 0 aliphatic heterocycles. The lowest BCUT2D eigenvalue weighted by Gasteiger charge is -2.40. The van der Waals surface area contributed by atoms with Gasteiger partial charge >= 0.3 is 0 Å². The van der Waals surface area contributed by atoms with Crippen LogP contribution in [-0.2, 0) is 11.3 Å². The molecule has 2 nitrogen and oxygen atoms in total. The van der Waals surface area contributed by atoms with E-state index in [0.29, 0.717) is 0 Å². The monoisotopic (exact) mass is 353 g/mol. The summed E-state index contributed by atoms with van der Waals surface area (Å²) in [4.78, 5) is 0. The summed E-state index contributed by atoms with van der Waals surface area (Å²) >= 11 is 3.48. The zero-order chi connectivity index (χ0) is 15.1. The summed E-state index contributed by atoms with van der Waals surface area (Å²) < 4.78 is 7.54. The Bertz CT molecular complexity index is 410. The highest BCUT2D eigenvalue weighted by molar-refractivity contribution is 9.10. The number of rotatable bonds is 7. The first-order valence-corrected chi connectivity index (χ1v) is 9.06. The van der Waals surface area contributed by atoms with Gasteiger partial charge in [0.05, 0.1) is 12.2 Å². The molecule has 1 aromatic carbocycles. The fourth-order valence-electron chi connectivity index (χ4n) is 3.15.